The van der Waals surface area contributed by atoms with Gasteiger partial charge in [0.05, 0.1) is 11.3 Å². The summed E-state index contributed by atoms with van der Waals surface area (Å²) in [6.45, 7) is 0.950. The molecular weight excluding hydrogens is 236 g/mol. The van der Waals surface area contributed by atoms with Crippen molar-refractivity contribution in [3.8, 4) is 6.07 Å². The third-order valence-electron chi connectivity index (χ3n) is 2.13. The Bertz CT molecular complexity index is 493. The summed E-state index contributed by atoms with van der Waals surface area (Å²) in [7, 11) is 0. The first kappa shape index (κ1) is 13.7. The minimum Gasteiger partial charge on any atom is -0.479 e. The number of nitriles is 1. The zero-order valence-corrected chi connectivity index (χ0v) is 9.71. The van der Waals surface area contributed by atoms with Crippen molar-refractivity contribution in [1.82, 2.24) is 0 Å². The monoisotopic (exact) mass is 248 g/mol. The van der Waals surface area contributed by atoms with Gasteiger partial charge in [0.1, 0.15) is 12.7 Å². The summed E-state index contributed by atoms with van der Waals surface area (Å²) in [5.74, 6) is -1.65. The Morgan fingerprint density at radius 2 is 2.17 bits per heavy atom. The van der Waals surface area contributed by atoms with Gasteiger partial charge in [0.2, 0.25) is 5.91 Å². The molecule has 2 N–H and O–H groups in total. The molecule has 1 aromatic carbocycles. The molecule has 0 saturated carbocycles. The molecule has 0 aliphatic heterocycles. The van der Waals surface area contributed by atoms with E-state index in [1.807, 2.05) is 6.07 Å². The molecule has 0 heterocycles. The molecule has 1 rings (SSSR count). The number of ether oxygens (including phenoxy) is 1. The van der Waals surface area contributed by atoms with Crippen LogP contribution in [0.15, 0.2) is 24.3 Å². The van der Waals surface area contributed by atoms with Crippen LogP contribution in [0.2, 0.25) is 0 Å². The van der Waals surface area contributed by atoms with Crippen LogP contribution in [0.1, 0.15) is 12.5 Å². The number of nitrogens with one attached hydrogen (secondary N) is 1. The molecule has 0 fully saturated rings. The van der Waals surface area contributed by atoms with E-state index in [9.17, 15) is 9.59 Å². The van der Waals surface area contributed by atoms with E-state index in [0.717, 1.165) is 0 Å². The van der Waals surface area contributed by atoms with Crippen LogP contribution in [0.4, 0.5) is 5.69 Å². The average Bonchev–Trinajstić information content (AvgIpc) is 2.36. The minimum absolute atomic E-state index is 0.331. The third-order valence-corrected chi connectivity index (χ3v) is 2.13. The minimum atomic E-state index is -1.14. The summed E-state index contributed by atoms with van der Waals surface area (Å²) in [6.07, 6.45) is -1.05. The molecule has 0 aliphatic carbocycles. The van der Waals surface area contributed by atoms with Gasteiger partial charge in [0.15, 0.2) is 6.10 Å². The fourth-order valence-electron chi connectivity index (χ4n) is 1.15. The van der Waals surface area contributed by atoms with Gasteiger partial charge in [0, 0.05) is 0 Å². The van der Waals surface area contributed by atoms with E-state index in [1.165, 1.54) is 6.92 Å². The smallest absolute Gasteiger partial charge is 0.332 e. The topological polar surface area (TPSA) is 99.4 Å². The molecule has 0 bridgehead atoms. The zero-order valence-electron chi connectivity index (χ0n) is 9.71. The summed E-state index contributed by atoms with van der Waals surface area (Å²) in [5, 5.41) is 19.9. The van der Waals surface area contributed by atoms with Crippen LogP contribution < -0.4 is 5.32 Å². The highest BCUT2D eigenvalue weighted by molar-refractivity contribution is 5.93. The Kier molecular flexibility index (Phi) is 4.84. The SMILES string of the molecule is C[C@H](OCC(=O)Nc1ccccc1C#N)C(=O)O. The van der Waals surface area contributed by atoms with Gasteiger partial charge in [-0.1, -0.05) is 12.1 Å². The molecule has 0 saturated heterocycles. The number of hydrogen-bond acceptors (Lipinski definition) is 4. The number of hydrogen-bond donors (Lipinski definition) is 2. The maximum atomic E-state index is 11.5. The molecule has 0 unspecified atom stereocenters. The number of carbonyl (C=O) groups is 2. The second-order valence-electron chi connectivity index (χ2n) is 3.50. The summed E-state index contributed by atoms with van der Waals surface area (Å²) in [5.41, 5.74) is 0.703. The third kappa shape index (κ3) is 3.88. The molecule has 0 aliphatic rings. The van der Waals surface area contributed by atoms with Crippen LogP contribution in [-0.2, 0) is 14.3 Å². The van der Waals surface area contributed by atoms with E-state index in [0.29, 0.717) is 11.3 Å². The number of rotatable bonds is 5. The Hall–Kier alpha value is -2.39. The first-order chi connectivity index (χ1) is 8.54. The highest BCUT2D eigenvalue weighted by Gasteiger charge is 2.13. The summed E-state index contributed by atoms with van der Waals surface area (Å²) >= 11 is 0. The average molecular weight is 248 g/mol. The summed E-state index contributed by atoms with van der Waals surface area (Å²) in [4.78, 5) is 21.9. The highest BCUT2D eigenvalue weighted by Crippen LogP contribution is 2.13. The molecule has 0 spiro atoms. The Morgan fingerprint density at radius 3 is 2.78 bits per heavy atom. The van der Waals surface area contributed by atoms with Gasteiger partial charge in [0.25, 0.3) is 0 Å². The van der Waals surface area contributed by atoms with Crippen LogP contribution in [0, 0.1) is 11.3 Å². The lowest BCUT2D eigenvalue weighted by Gasteiger charge is -2.09. The van der Waals surface area contributed by atoms with E-state index in [4.69, 9.17) is 15.1 Å². The van der Waals surface area contributed by atoms with Crippen LogP contribution in [0.3, 0.4) is 0 Å². The second kappa shape index (κ2) is 6.37. The number of carboxylic acids is 1. The van der Waals surface area contributed by atoms with Gasteiger partial charge < -0.3 is 15.2 Å². The molecule has 0 radical (unpaired) electrons. The number of anilines is 1. The summed E-state index contributed by atoms with van der Waals surface area (Å²) < 4.78 is 4.82. The van der Waals surface area contributed by atoms with Crippen molar-refractivity contribution in [3.63, 3.8) is 0 Å². The Labute approximate surface area is 104 Å². The van der Waals surface area contributed by atoms with Crippen LogP contribution in [-0.4, -0.2) is 29.7 Å². The fraction of sp³-hybridized carbons (Fsp3) is 0.250. The quantitative estimate of drug-likeness (QED) is 0.809. The molecule has 6 heteroatoms. The predicted octanol–water partition coefficient (Wildman–Crippen LogP) is 0.986. The summed E-state index contributed by atoms with van der Waals surface area (Å²) in [6, 6.07) is 8.44. The molecule has 1 atom stereocenters. The van der Waals surface area contributed by atoms with Gasteiger partial charge in [-0.2, -0.15) is 5.26 Å². The van der Waals surface area contributed by atoms with Gasteiger partial charge in [-0.05, 0) is 19.1 Å². The number of benzene rings is 1. The lowest BCUT2D eigenvalue weighted by atomic mass is 10.2. The predicted molar refractivity (Wildman–Crippen MR) is 62.8 cm³/mol. The van der Waals surface area contributed by atoms with Crippen molar-refractivity contribution in [2.45, 2.75) is 13.0 Å². The van der Waals surface area contributed by atoms with Crippen LogP contribution >= 0.6 is 0 Å². The molecule has 6 nitrogen and oxygen atoms in total. The molecule has 1 aromatic rings. The number of para-hydroxylation sites is 1. The van der Waals surface area contributed by atoms with Crippen molar-refractivity contribution >= 4 is 17.6 Å². The van der Waals surface area contributed by atoms with Gasteiger partial charge in [-0.3, -0.25) is 4.79 Å². The maximum Gasteiger partial charge on any atom is 0.332 e. The molecule has 1 amide bonds. The first-order valence-corrected chi connectivity index (χ1v) is 5.18. The zero-order chi connectivity index (χ0) is 13.5. The lowest BCUT2D eigenvalue weighted by molar-refractivity contribution is -0.150. The molecule has 0 aromatic heterocycles. The maximum absolute atomic E-state index is 11.5. The molecular formula is C12H12N2O4. The number of nitrogens with zero attached hydrogens (tertiary/aromatic N) is 1. The molecule has 18 heavy (non-hydrogen) atoms. The van der Waals surface area contributed by atoms with E-state index in [2.05, 4.69) is 5.32 Å². The van der Waals surface area contributed by atoms with Gasteiger partial charge in [-0.15, -0.1) is 0 Å². The van der Waals surface area contributed by atoms with E-state index in [-0.39, 0.29) is 6.61 Å². The van der Waals surface area contributed by atoms with E-state index in [1.54, 1.807) is 24.3 Å². The van der Waals surface area contributed by atoms with E-state index < -0.39 is 18.0 Å². The van der Waals surface area contributed by atoms with Gasteiger partial charge in [-0.25, -0.2) is 4.79 Å². The lowest BCUT2D eigenvalue weighted by Crippen LogP contribution is -2.26. The fourth-order valence-corrected chi connectivity index (χ4v) is 1.15. The van der Waals surface area contributed by atoms with Crippen molar-refractivity contribution in [2.75, 3.05) is 11.9 Å². The Balaban J connectivity index is 2.55. The van der Waals surface area contributed by atoms with Crippen molar-refractivity contribution in [2.24, 2.45) is 0 Å². The van der Waals surface area contributed by atoms with Gasteiger partial charge >= 0.3 is 5.97 Å². The number of aliphatic carboxylic acids is 1. The highest BCUT2D eigenvalue weighted by atomic mass is 16.5. The van der Waals surface area contributed by atoms with Crippen LogP contribution in [0.5, 0.6) is 0 Å². The number of carboxylic acid groups (broad SMARTS) is 1. The Morgan fingerprint density at radius 1 is 1.50 bits per heavy atom. The standard InChI is InChI=1S/C12H12N2O4/c1-8(12(16)17)18-7-11(15)14-10-5-3-2-4-9(10)6-13/h2-5,8H,7H2,1H3,(H,14,15)(H,16,17)/t8-/m0/s1. The first-order valence-electron chi connectivity index (χ1n) is 5.18. The van der Waals surface area contributed by atoms with Crippen LogP contribution in [0.25, 0.3) is 0 Å². The van der Waals surface area contributed by atoms with Crippen molar-refractivity contribution < 1.29 is 19.4 Å². The molecule has 94 valence electrons. The largest absolute Gasteiger partial charge is 0.479 e. The van der Waals surface area contributed by atoms with E-state index >= 15 is 0 Å². The van der Waals surface area contributed by atoms with Crippen molar-refractivity contribution in [3.05, 3.63) is 29.8 Å². The second-order valence-corrected chi connectivity index (χ2v) is 3.50. The number of carbonyl (C=O) groups excluding carboxylic acids is 1. The van der Waals surface area contributed by atoms with Crippen molar-refractivity contribution in [1.29, 1.82) is 5.26 Å². The number of amides is 1. The normalized spacial score (nSPS) is 11.3.